The fourth-order valence-electron chi connectivity index (χ4n) is 2.75. The predicted octanol–water partition coefficient (Wildman–Crippen LogP) is 2.87. The van der Waals surface area contributed by atoms with Gasteiger partial charge in [0.05, 0.1) is 36.5 Å². The van der Waals surface area contributed by atoms with Crippen LogP contribution < -0.4 is 15.4 Å². The Bertz CT molecular complexity index is 958. The molecule has 1 amide bonds. The molecule has 3 aromatic rings. The van der Waals surface area contributed by atoms with E-state index < -0.39 is 0 Å². The third-order valence-corrected chi connectivity index (χ3v) is 4.43. The van der Waals surface area contributed by atoms with Gasteiger partial charge in [0, 0.05) is 18.4 Å². The molecular weight excluding hydrogens is 380 g/mol. The van der Waals surface area contributed by atoms with Crippen LogP contribution in [0.1, 0.15) is 16.1 Å². The van der Waals surface area contributed by atoms with Gasteiger partial charge in [-0.25, -0.2) is 4.68 Å². The Labute approximate surface area is 167 Å². The van der Waals surface area contributed by atoms with Crippen LogP contribution in [0.4, 0.5) is 5.69 Å². The van der Waals surface area contributed by atoms with Gasteiger partial charge in [0.1, 0.15) is 11.4 Å². The van der Waals surface area contributed by atoms with Crippen LogP contribution >= 0.6 is 11.6 Å². The number of rotatable bonds is 8. The van der Waals surface area contributed by atoms with E-state index in [0.29, 0.717) is 17.1 Å². The number of amides is 1. The fraction of sp³-hybridized carbons (Fsp3) is 0.200. The van der Waals surface area contributed by atoms with Gasteiger partial charge in [-0.15, -0.1) is 0 Å². The highest BCUT2D eigenvalue weighted by molar-refractivity contribution is 6.34. The third kappa shape index (κ3) is 4.44. The highest BCUT2D eigenvalue weighted by atomic mass is 35.5. The van der Waals surface area contributed by atoms with E-state index in [-0.39, 0.29) is 19.1 Å². The fourth-order valence-corrected chi connectivity index (χ4v) is 3.02. The number of aromatic nitrogens is 2. The first-order valence-electron chi connectivity index (χ1n) is 8.73. The predicted molar refractivity (Wildman–Crippen MR) is 108 cm³/mol. The number of para-hydroxylation sites is 2. The van der Waals surface area contributed by atoms with E-state index in [2.05, 4.69) is 15.7 Å². The Kier molecular flexibility index (Phi) is 6.52. The van der Waals surface area contributed by atoms with Crippen LogP contribution in [0.3, 0.4) is 0 Å². The van der Waals surface area contributed by atoms with Crippen molar-refractivity contribution in [2.45, 2.75) is 6.54 Å². The van der Waals surface area contributed by atoms with Gasteiger partial charge in [-0.1, -0.05) is 23.7 Å². The van der Waals surface area contributed by atoms with Crippen molar-refractivity contribution in [1.82, 2.24) is 15.1 Å². The van der Waals surface area contributed by atoms with E-state index in [1.54, 1.807) is 31.5 Å². The van der Waals surface area contributed by atoms with E-state index in [4.69, 9.17) is 21.4 Å². The van der Waals surface area contributed by atoms with E-state index in [0.717, 1.165) is 22.8 Å². The molecule has 1 aromatic heterocycles. The van der Waals surface area contributed by atoms with Gasteiger partial charge < -0.3 is 20.5 Å². The first-order chi connectivity index (χ1) is 13.6. The third-order valence-electron chi connectivity index (χ3n) is 4.12. The summed E-state index contributed by atoms with van der Waals surface area (Å²) in [5.74, 6) is 0.411. The summed E-state index contributed by atoms with van der Waals surface area (Å²) >= 11 is 6.23. The monoisotopic (exact) mass is 400 g/mol. The zero-order chi connectivity index (χ0) is 19.9. The summed E-state index contributed by atoms with van der Waals surface area (Å²) in [5, 5.41) is 19.4. The minimum Gasteiger partial charge on any atom is -0.494 e. The molecule has 0 spiro atoms. The van der Waals surface area contributed by atoms with Gasteiger partial charge in [0.2, 0.25) is 0 Å². The maximum atomic E-state index is 12.0. The number of nitrogens with one attached hydrogen (secondary N) is 2. The highest BCUT2D eigenvalue weighted by Crippen LogP contribution is 2.24. The lowest BCUT2D eigenvalue weighted by atomic mass is 10.2. The molecule has 28 heavy (non-hydrogen) atoms. The lowest BCUT2D eigenvalue weighted by molar-refractivity contribution is 0.0945. The van der Waals surface area contributed by atoms with Crippen LogP contribution in [0.15, 0.2) is 54.7 Å². The Morgan fingerprint density at radius 1 is 1.25 bits per heavy atom. The summed E-state index contributed by atoms with van der Waals surface area (Å²) in [5.41, 5.74) is 2.92. The van der Waals surface area contributed by atoms with Crippen molar-refractivity contribution < 1.29 is 14.6 Å². The average Bonchev–Trinajstić information content (AvgIpc) is 3.19. The molecule has 2 aromatic carbocycles. The number of hydrogen-bond acceptors (Lipinski definition) is 5. The molecule has 0 aliphatic carbocycles. The van der Waals surface area contributed by atoms with E-state index in [9.17, 15) is 4.79 Å². The van der Waals surface area contributed by atoms with Gasteiger partial charge >= 0.3 is 0 Å². The zero-order valence-electron chi connectivity index (χ0n) is 15.4. The first kappa shape index (κ1) is 19.7. The lowest BCUT2D eigenvalue weighted by Gasteiger charge is -2.13. The number of aliphatic hydroxyl groups is 1. The molecule has 0 aliphatic rings. The van der Waals surface area contributed by atoms with Crippen LogP contribution in [-0.4, -0.2) is 41.1 Å². The van der Waals surface area contributed by atoms with Crippen LogP contribution in [0, 0.1) is 0 Å². The minimum atomic E-state index is -0.320. The Balaban J connectivity index is 1.73. The summed E-state index contributed by atoms with van der Waals surface area (Å²) in [6, 6.07) is 14.7. The van der Waals surface area contributed by atoms with Gasteiger partial charge in [-0.05, 0) is 36.4 Å². The summed E-state index contributed by atoms with van der Waals surface area (Å²) < 4.78 is 7.22. The molecule has 3 N–H and O–H groups in total. The normalized spacial score (nSPS) is 10.5. The number of carbonyl (C=O) groups excluding carboxylic acids is 1. The topological polar surface area (TPSA) is 88.4 Å². The van der Waals surface area contributed by atoms with Crippen LogP contribution in [0.5, 0.6) is 5.75 Å². The maximum absolute atomic E-state index is 12.0. The summed E-state index contributed by atoms with van der Waals surface area (Å²) in [6.07, 6.45) is 1.73. The zero-order valence-corrected chi connectivity index (χ0v) is 16.1. The van der Waals surface area contributed by atoms with Crippen molar-refractivity contribution in [2.75, 3.05) is 25.6 Å². The smallest absolute Gasteiger partial charge is 0.252 e. The van der Waals surface area contributed by atoms with E-state index in [1.807, 2.05) is 35.0 Å². The van der Waals surface area contributed by atoms with Crippen molar-refractivity contribution in [3.63, 3.8) is 0 Å². The first-order valence-corrected chi connectivity index (χ1v) is 9.10. The van der Waals surface area contributed by atoms with Crippen molar-refractivity contribution in [3.8, 4) is 11.4 Å². The van der Waals surface area contributed by atoms with Crippen LogP contribution in [-0.2, 0) is 6.54 Å². The molecule has 0 unspecified atom stereocenters. The number of carbonyl (C=O) groups is 1. The average molecular weight is 401 g/mol. The SMILES string of the molecule is COc1ccccc1-n1nccc1CNc1ccc(C(=O)NCCO)c(Cl)c1. The molecule has 8 heteroatoms. The number of aliphatic hydroxyl groups excluding tert-OH is 1. The number of hydrogen-bond donors (Lipinski definition) is 3. The molecule has 0 radical (unpaired) electrons. The Morgan fingerprint density at radius 2 is 2.07 bits per heavy atom. The van der Waals surface area contributed by atoms with Crippen molar-refractivity contribution >= 4 is 23.2 Å². The van der Waals surface area contributed by atoms with Gasteiger partial charge in [0.25, 0.3) is 5.91 Å². The maximum Gasteiger partial charge on any atom is 0.252 e. The number of nitrogens with zero attached hydrogens (tertiary/aromatic N) is 2. The molecule has 0 saturated heterocycles. The second kappa shape index (κ2) is 9.25. The van der Waals surface area contributed by atoms with Crippen LogP contribution in [0.2, 0.25) is 5.02 Å². The molecule has 0 bridgehead atoms. The van der Waals surface area contributed by atoms with Crippen molar-refractivity contribution in [3.05, 3.63) is 71.0 Å². The number of benzene rings is 2. The quantitative estimate of drug-likeness (QED) is 0.541. The van der Waals surface area contributed by atoms with Gasteiger partial charge in [-0.2, -0.15) is 5.10 Å². The summed E-state index contributed by atoms with van der Waals surface area (Å²) in [6.45, 7) is 0.565. The molecule has 0 fully saturated rings. The molecule has 7 nitrogen and oxygen atoms in total. The van der Waals surface area contributed by atoms with E-state index in [1.165, 1.54) is 0 Å². The number of anilines is 1. The standard InChI is InChI=1S/C20H21ClN4O3/c1-28-19-5-3-2-4-18(19)25-15(8-9-24-25)13-23-14-6-7-16(17(21)12-14)20(27)22-10-11-26/h2-9,12,23,26H,10-11,13H2,1H3,(H,22,27). The van der Waals surface area contributed by atoms with Gasteiger partial charge in [0.15, 0.2) is 0 Å². The molecule has 1 heterocycles. The van der Waals surface area contributed by atoms with Gasteiger partial charge in [-0.3, -0.25) is 4.79 Å². The second-order valence-corrected chi connectivity index (χ2v) is 6.34. The second-order valence-electron chi connectivity index (χ2n) is 5.93. The Morgan fingerprint density at radius 3 is 2.82 bits per heavy atom. The molecule has 0 saturated carbocycles. The van der Waals surface area contributed by atoms with Crippen molar-refractivity contribution in [2.24, 2.45) is 0 Å². The largest absolute Gasteiger partial charge is 0.494 e. The summed E-state index contributed by atoms with van der Waals surface area (Å²) in [7, 11) is 1.63. The minimum absolute atomic E-state index is 0.122. The lowest BCUT2D eigenvalue weighted by Crippen LogP contribution is -2.26. The molecule has 146 valence electrons. The molecular formula is C20H21ClN4O3. The highest BCUT2D eigenvalue weighted by Gasteiger charge is 2.12. The molecule has 3 rings (SSSR count). The van der Waals surface area contributed by atoms with Crippen LogP contribution in [0.25, 0.3) is 5.69 Å². The molecule has 0 aliphatic heterocycles. The number of ether oxygens (including phenoxy) is 1. The van der Waals surface area contributed by atoms with Crippen molar-refractivity contribution in [1.29, 1.82) is 0 Å². The Hall–Kier alpha value is -3.03. The van der Waals surface area contributed by atoms with E-state index >= 15 is 0 Å². The molecule has 0 atom stereocenters. The summed E-state index contributed by atoms with van der Waals surface area (Å²) in [4.78, 5) is 12.0. The number of methoxy groups -OCH3 is 1. The number of halogens is 1.